The maximum absolute atomic E-state index is 11.9. The molecule has 1 N–H and O–H groups in total. The van der Waals surface area contributed by atoms with E-state index in [1.165, 1.54) is 19.1 Å². The second-order valence-corrected chi connectivity index (χ2v) is 3.81. The van der Waals surface area contributed by atoms with Crippen LogP contribution < -0.4 is 10.1 Å². The van der Waals surface area contributed by atoms with E-state index in [9.17, 15) is 22.8 Å². The number of carbonyl (C=O) groups is 2. The fraction of sp³-hybridized carbons (Fsp3) is 0.333. The quantitative estimate of drug-likeness (QED) is 0.866. The van der Waals surface area contributed by atoms with Crippen LogP contribution in [0.25, 0.3) is 0 Å². The molecule has 5 nitrogen and oxygen atoms in total. The SMILES string of the molecule is CC(=O)OC(C)C(=O)Nc1ccc(OC(F)(F)F)cc1. The van der Waals surface area contributed by atoms with Crippen molar-refractivity contribution in [2.45, 2.75) is 26.3 Å². The lowest BCUT2D eigenvalue weighted by molar-refractivity contribution is -0.274. The van der Waals surface area contributed by atoms with E-state index in [4.69, 9.17) is 0 Å². The molecule has 0 fully saturated rings. The smallest absolute Gasteiger partial charge is 0.453 e. The van der Waals surface area contributed by atoms with Crippen LogP contribution in [0.2, 0.25) is 0 Å². The Bertz CT molecular complexity index is 484. The number of hydrogen-bond donors (Lipinski definition) is 1. The maximum atomic E-state index is 11.9. The topological polar surface area (TPSA) is 64.6 Å². The highest BCUT2D eigenvalue weighted by molar-refractivity contribution is 5.94. The molecule has 0 aliphatic carbocycles. The highest BCUT2D eigenvalue weighted by Gasteiger charge is 2.31. The van der Waals surface area contributed by atoms with Crippen molar-refractivity contribution in [1.29, 1.82) is 0 Å². The second-order valence-electron chi connectivity index (χ2n) is 3.81. The summed E-state index contributed by atoms with van der Waals surface area (Å²) in [6.07, 6.45) is -5.77. The first kappa shape index (κ1) is 15.8. The molecular weight excluding hydrogens is 279 g/mol. The van der Waals surface area contributed by atoms with Gasteiger partial charge in [-0.2, -0.15) is 0 Å². The summed E-state index contributed by atoms with van der Waals surface area (Å²) >= 11 is 0. The van der Waals surface area contributed by atoms with E-state index in [-0.39, 0.29) is 5.69 Å². The molecule has 0 saturated carbocycles. The predicted octanol–water partition coefficient (Wildman–Crippen LogP) is 2.48. The fourth-order valence-electron chi connectivity index (χ4n) is 1.29. The number of rotatable bonds is 4. The Morgan fingerprint density at radius 2 is 1.75 bits per heavy atom. The summed E-state index contributed by atoms with van der Waals surface area (Å²) in [5.41, 5.74) is 0.253. The number of hydrogen-bond acceptors (Lipinski definition) is 4. The Kier molecular flexibility index (Phi) is 4.95. The van der Waals surface area contributed by atoms with Crippen LogP contribution >= 0.6 is 0 Å². The summed E-state index contributed by atoms with van der Waals surface area (Å²) in [6.45, 7) is 2.53. The number of carbonyl (C=O) groups excluding carboxylic acids is 2. The van der Waals surface area contributed by atoms with Crippen LogP contribution in [0.15, 0.2) is 24.3 Å². The second kappa shape index (κ2) is 6.27. The van der Waals surface area contributed by atoms with Gasteiger partial charge in [0, 0.05) is 12.6 Å². The Balaban J connectivity index is 2.61. The normalized spacial score (nSPS) is 12.4. The number of nitrogens with one attached hydrogen (secondary N) is 1. The van der Waals surface area contributed by atoms with Crippen LogP contribution in [0, 0.1) is 0 Å². The largest absolute Gasteiger partial charge is 0.573 e. The average molecular weight is 291 g/mol. The molecule has 0 radical (unpaired) electrons. The highest BCUT2D eigenvalue weighted by Crippen LogP contribution is 2.23. The zero-order valence-electron chi connectivity index (χ0n) is 10.7. The predicted molar refractivity (Wildman–Crippen MR) is 63.0 cm³/mol. The van der Waals surface area contributed by atoms with Gasteiger partial charge < -0.3 is 14.8 Å². The van der Waals surface area contributed by atoms with E-state index in [1.54, 1.807) is 0 Å². The molecule has 1 unspecified atom stereocenters. The minimum absolute atomic E-state index is 0.253. The molecular formula is C12H12F3NO4. The van der Waals surface area contributed by atoms with Crippen LogP contribution in [0.4, 0.5) is 18.9 Å². The van der Waals surface area contributed by atoms with Gasteiger partial charge in [-0.1, -0.05) is 0 Å². The summed E-state index contributed by atoms with van der Waals surface area (Å²) < 4.78 is 44.1. The highest BCUT2D eigenvalue weighted by atomic mass is 19.4. The lowest BCUT2D eigenvalue weighted by atomic mass is 10.3. The van der Waals surface area contributed by atoms with Gasteiger partial charge in [0.15, 0.2) is 6.10 Å². The number of ether oxygens (including phenoxy) is 2. The zero-order valence-corrected chi connectivity index (χ0v) is 10.7. The number of halogens is 3. The standard InChI is InChI=1S/C12H12F3NO4/c1-7(19-8(2)17)11(18)16-9-3-5-10(6-4-9)20-12(13,14)15/h3-7H,1-2H3,(H,16,18). The number of benzene rings is 1. The molecule has 1 rings (SSSR count). The summed E-state index contributed by atoms with van der Waals surface area (Å²) in [4.78, 5) is 22.2. The number of alkyl halides is 3. The van der Waals surface area contributed by atoms with Crippen molar-refractivity contribution in [3.8, 4) is 5.75 Å². The van der Waals surface area contributed by atoms with Gasteiger partial charge in [-0.05, 0) is 31.2 Å². The third-order valence-electron chi connectivity index (χ3n) is 2.07. The average Bonchev–Trinajstić information content (AvgIpc) is 2.28. The van der Waals surface area contributed by atoms with Crippen molar-refractivity contribution in [3.63, 3.8) is 0 Å². The van der Waals surface area contributed by atoms with Gasteiger partial charge in [0.05, 0.1) is 0 Å². The number of anilines is 1. The van der Waals surface area contributed by atoms with Gasteiger partial charge in [0.1, 0.15) is 5.75 Å². The molecule has 1 atom stereocenters. The monoisotopic (exact) mass is 291 g/mol. The van der Waals surface area contributed by atoms with Crippen molar-refractivity contribution >= 4 is 17.6 Å². The molecule has 1 amide bonds. The van der Waals surface area contributed by atoms with Crippen LogP contribution in [0.1, 0.15) is 13.8 Å². The molecule has 1 aromatic rings. The van der Waals surface area contributed by atoms with E-state index >= 15 is 0 Å². The minimum Gasteiger partial charge on any atom is -0.453 e. The van der Waals surface area contributed by atoms with Crippen molar-refractivity contribution in [2.24, 2.45) is 0 Å². The van der Waals surface area contributed by atoms with E-state index < -0.39 is 30.1 Å². The molecule has 20 heavy (non-hydrogen) atoms. The molecule has 110 valence electrons. The molecule has 8 heteroatoms. The first-order valence-corrected chi connectivity index (χ1v) is 5.51. The molecule has 0 saturated heterocycles. The summed E-state index contributed by atoms with van der Waals surface area (Å²) in [6, 6.07) is 4.58. The zero-order chi connectivity index (χ0) is 15.3. The van der Waals surface area contributed by atoms with E-state index in [0.717, 1.165) is 19.1 Å². The van der Waals surface area contributed by atoms with Crippen molar-refractivity contribution in [2.75, 3.05) is 5.32 Å². The van der Waals surface area contributed by atoms with Crippen LogP contribution in [0.3, 0.4) is 0 Å². The Labute approximate surface area is 112 Å². The van der Waals surface area contributed by atoms with Gasteiger partial charge in [-0.25, -0.2) is 0 Å². The van der Waals surface area contributed by atoms with Crippen molar-refractivity contribution < 1.29 is 32.2 Å². The number of amides is 1. The molecule has 0 aromatic heterocycles. The summed E-state index contributed by atoms with van der Waals surface area (Å²) in [5, 5.41) is 2.38. The van der Waals surface area contributed by atoms with Crippen LogP contribution in [0.5, 0.6) is 5.75 Å². The molecule has 1 aromatic carbocycles. The van der Waals surface area contributed by atoms with Crippen molar-refractivity contribution in [3.05, 3.63) is 24.3 Å². The van der Waals surface area contributed by atoms with Gasteiger partial charge in [-0.15, -0.1) is 13.2 Å². The minimum atomic E-state index is -4.77. The summed E-state index contributed by atoms with van der Waals surface area (Å²) in [7, 11) is 0. The Morgan fingerprint density at radius 1 is 1.20 bits per heavy atom. The van der Waals surface area contributed by atoms with E-state index in [1.807, 2.05) is 0 Å². The molecule has 0 aliphatic rings. The summed E-state index contributed by atoms with van der Waals surface area (Å²) in [5.74, 6) is -1.60. The molecule has 0 spiro atoms. The molecule has 0 heterocycles. The van der Waals surface area contributed by atoms with Crippen LogP contribution in [-0.4, -0.2) is 24.3 Å². The lowest BCUT2D eigenvalue weighted by Gasteiger charge is -2.13. The van der Waals surface area contributed by atoms with Crippen LogP contribution in [-0.2, 0) is 14.3 Å². The lowest BCUT2D eigenvalue weighted by Crippen LogP contribution is -2.29. The van der Waals surface area contributed by atoms with Gasteiger partial charge in [0.25, 0.3) is 5.91 Å². The first-order chi connectivity index (χ1) is 9.17. The third kappa shape index (κ3) is 5.59. The number of esters is 1. The maximum Gasteiger partial charge on any atom is 0.573 e. The third-order valence-corrected chi connectivity index (χ3v) is 2.07. The van der Waals surface area contributed by atoms with E-state index in [2.05, 4.69) is 14.8 Å². The van der Waals surface area contributed by atoms with Gasteiger partial charge >= 0.3 is 12.3 Å². The van der Waals surface area contributed by atoms with Gasteiger partial charge in [-0.3, -0.25) is 9.59 Å². The molecule has 0 aliphatic heterocycles. The fourth-order valence-corrected chi connectivity index (χ4v) is 1.29. The Morgan fingerprint density at radius 3 is 2.20 bits per heavy atom. The van der Waals surface area contributed by atoms with Gasteiger partial charge in [0.2, 0.25) is 0 Å². The first-order valence-electron chi connectivity index (χ1n) is 5.51. The molecule has 0 bridgehead atoms. The van der Waals surface area contributed by atoms with E-state index in [0.29, 0.717) is 0 Å². The Hall–Kier alpha value is -2.25. The van der Waals surface area contributed by atoms with Crippen molar-refractivity contribution in [1.82, 2.24) is 0 Å².